The van der Waals surface area contributed by atoms with Gasteiger partial charge in [-0.05, 0) is 78.5 Å². The number of carboxylic acid groups (broad SMARTS) is 1. The number of nitrogens with zero attached hydrogens (tertiary/aromatic N) is 7. The SMILES string of the molecule is Cc1ccc(N=Nc2cc(OCCO)c(N=Nc3c(S(=O)(=O)O)cc4cc(N=Nc5c(C(=O)O)[nH]n(-c6ccc(S(=O)(=O)O)cc6)c5=O)ccc4c3O)cc2OCCO)c(S(=O)(=O)O)c1. The second-order valence-electron chi connectivity index (χ2n) is 13.2. The predicted molar refractivity (Wildman–Crippen MR) is 224 cm³/mol. The minimum atomic E-state index is -5.21. The van der Waals surface area contributed by atoms with Crippen molar-refractivity contribution in [1.82, 2.24) is 9.78 Å². The molecule has 0 aliphatic carbocycles. The first-order valence-electron chi connectivity index (χ1n) is 18.0. The Bertz CT molecular complexity index is 3350. The molecule has 0 aliphatic heterocycles. The summed E-state index contributed by atoms with van der Waals surface area (Å²) in [4.78, 5) is 23.2. The van der Waals surface area contributed by atoms with E-state index in [1.54, 1.807) is 6.92 Å². The van der Waals surface area contributed by atoms with Crippen LogP contribution < -0.4 is 15.0 Å². The van der Waals surface area contributed by atoms with E-state index in [0.29, 0.717) is 5.56 Å². The van der Waals surface area contributed by atoms with Crippen molar-refractivity contribution in [3.05, 3.63) is 100 Å². The number of aromatic carboxylic acids is 1. The number of ether oxygens (including phenoxy) is 2. The molecule has 0 bridgehead atoms. The number of aryl methyl sites for hydroxylation is 1. The Kier molecular flexibility index (Phi) is 13.6. The van der Waals surface area contributed by atoms with Crippen molar-refractivity contribution in [2.75, 3.05) is 26.4 Å². The van der Waals surface area contributed by atoms with Crippen LogP contribution in [0.2, 0.25) is 0 Å². The summed E-state index contributed by atoms with van der Waals surface area (Å²) in [7, 11) is -14.5. The summed E-state index contributed by atoms with van der Waals surface area (Å²) >= 11 is 0. The second-order valence-corrected chi connectivity index (χ2v) is 17.4. The number of fused-ring (bicyclic) bond motifs is 1. The highest BCUT2D eigenvalue weighted by Crippen LogP contribution is 2.45. The van der Waals surface area contributed by atoms with Gasteiger partial charge >= 0.3 is 5.97 Å². The number of H-pyrrole nitrogens is 1. The Labute approximate surface area is 365 Å². The molecule has 340 valence electrons. The van der Waals surface area contributed by atoms with Crippen LogP contribution in [0, 0.1) is 6.92 Å². The lowest BCUT2D eigenvalue weighted by Crippen LogP contribution is -2.14. The highest BCUT2D eigenvalue weighted by atomic mass is 32.2. The van der Waals surface area contributed by atoms with Gasteiger partial charge in [-0.3, -0.25) is 23.6 Å². The number of aromatic amines is 1. The van der Waals surface area contributed by atoms with E-state index in [1.807, 2.05) is 0 Å². The molecular weight excluding hydrogens is 925 g/mol. The van der Waals surface area contributed by atoms with Gasteiger partial charge in [-0.25, -0.2) is 9.48 Å². The number of hydrogen-bond donors (Lipinski definition) is 8. The number of aliphatic hydroxyl groups excluding tert-OH is 2. The van der Waals surface area contributed by atoms with Gasteiger partial charge in [-0.15, -0.1) is 25.6 Å². The van der Waals surface area contributed by atoms with Gasteiger partial charge in [0.2, 0.25) is 0 Å². The average Bonchev–Trinajstić information content (AvgIpc) is 3.58. The molecule has 8 N–H and O–H groups in total. The number of carboxylic acids is 1. The number of aromatic nitrogens is 2. The van der Waals surface area contributed by atoms with E-state index in [2.05, 4.69) is 35.8 Å². The molecule has 28 heteroatoms. The highest BCUT2D eigenvalue weighted by Gasteiger charge is 2.25. The molecular formula is C37H32N8O17S3. The van der Waals surface area contributed by atoms with Crippen molar-refractivity contribution in [2.24, 2.45) is 30.7 Å². The maximum absolute atomic E-state index is 13.2. The van der Waals surface area contributed by atoms with E-state index in [0.717, 1.165) is 59.3 Å². The van der Waals surface area contributed by atoms with E-state index in [4.69, 9.17) is 9.47 Å². The molecule has 0 radical (unpaired) electrons. The van der Waals surface area contributed by atoms with Gasteiger partial charge in [0.25, 0.3) is 35.9 Å². The lowest BCUT2D eigenvalue weighted by Gasteiger charge is -2.13. The Morgan fingerprint density at radius 3 is 1.78 bits per heavy atom. The molecule has 6 aromatic rings. The van der Waals surface area contributed by atoms with Gasteiger partial charge in [0.1, 0.15) is 57.3 Å². The van der Waals surface area contributed by atoms with Crippen molar-refractivity contribution >= 4 is 81.2 Å². The van der Waals surface area contributed by atoms with Gasteiger partial charge < -0.3 is 29.9 Å². The van der Waals surface area contributed by atoms with Crippen LogP contribution in [0.15, 0.2) is 129 Å². The van der Waals surface area contributed by atoms with Crippen molar-refractivity contribution in [3.63, 3.8) is 0 Å². The van der Waals surface area contributed by atoms with Crippen LogP contribution in [0.25, 0.3) is 16.5 Å². The van der Waals surface area contributed by atoms with Gasteiger partial charge in [-0.1, -0.05) is 6.07 Å². The molecule has 0 spiro atoms. The van der Waals surface area contributed by atoms with Crippen molar-refractivity contribution in [3.8, 4) is 22.9 Å². The number of phenolic OH excluding ortho intramolecular Hbond substituents is 1. The molecule has 0 unspecified atom stereocenters. The maximum atomic E-state index is 13.2. The topological polar surface area (TPSA) is 392 Å². The number of azo groups is 3. The Morgan fingerprint density at radius 2 is 1.23 bits per heavy atom. The minimum absolute atomic E-state index is 0.0425. The molecule has 0 atom stereocenters. The van der Waals surface area contributed by atoms with E-state index in [9.17, 15) is 68.9 Å². The van der Waals surface area contributed by atoms with Crippen molar-refractivity contribution in [1.29, 1.82) is 0 Å². The van der Waals surface area contributed by atoms with Crippen LogP contribution >= 0.6 is 0 Å². The van der Waals surface area contributed by atoms with Crippen molar-refractivity contribution < 1.29 is 73.6 Å². The summed E-state index contributed by atoms with van der Waals surface area (Å²) in [5.41, 5.74) is -3.63. The molecule has 0 fully saturated rings. The van der Waals surface area contributed by atoms with Crippen LogP contribution in [-0.2, 0) is 30.4 Å². The third kappa shape index (κ3) is 10.7. The molecule has 65 heavy (non-hydrogen) atoms. The molecule has 25 nitrogen and oxygen atoms in total. The zero-order chi connectivity index (χ0) is 47.4. The lowest BCUT2D eigenvalue weighted by molar-refractivity contribution is 0.0690. The first-order valence-corrected chi connectivity index (χ1v) is 22.3. The largest absolute Gasteiger partial charge is 0.505 e. The lowest BCUT2D eigenvalue weighted by atomic mass is 10.1. The second kappa shape index (κ2) is 18.8. The van der Waals surface area contributed by atoms with Crippen molar-refractivity contribution in [2.45, 2.75) is 21.6 Å². The van der Waals surface area contributed by atoms with Gasteiger partial charge in [0.15, 0.2) is 17.1 Å². The monoisotopic (exact) mass is 956 g/mol. The third-order valence-corrected chi connectivity index (χ3v) is 11.3. The highest BCUT2D eigenvalue weighted by molar-refractivity contribution is 7.86. The third-order valence-electron chi connectivity index (χ3n) is 8.71. The first kappa shape index (κ1) is 47.2. The predicted octanol–water partition coefficient (Wildman–Crippen LogP) is 5.76. The zero-order valence-corrected chi connectivity index (χ0v) is 35.4. The molecule has 0 saturated heterocycles. The molecule has 1 aromatic heterocycles. The molecule has 0 aliphatic rings. The standard InChI is InChI=1S/C37H32N8O17S3/c1-19-2-9-25(30(14-19)64(55,56)57)39-40-26-17-29(62-13-11-47)27(18-28(26)61-12-10-46)41-42-32-31(65(58,59)60)16-20-15-21(3-8-24(20)35(32)48)38-43-33-34(37(50)51)44-45(36(33)49)22-4-6-23(7-5-22)63(52,53)54/h2-9,14-18,44,46-48H,10-13H2,1H3,(H,50,51)(H,52,53,54)(H,55,56,57)(H,58,59,60). The number of nitrogens with one attached hydrogen (secondary N) is 1. The Morgan fingerprint density at radius 1 is 0.662 bits per heavy atom. The van der Waals surface area contributed by atoms with E-state index >= 15 is 0 Å². The fourth-order valence-corrected chi connectivity index (χ4v) is 7.63. The summed E-state index contributed by atoms with van der Waals surface area (Å²) < 4.78 is 113. The van der Waals surface area contributed by atoms with Gasteiger partial charge in [0, 0.05) is 17.5 Å². The minimum Gasteiger partial charge on any atom is -0.505 e. The summed E-state index contributed by atoms with van der Waals surface area (Å²) in [6, 6.07) is 14.8. The normalized spacial score (nSPS) is 12.5. The summed E-state index contributed by atoms with van der Waals surface area (Å²) in [6.07, 6.45) is 0. The van der Waals surface area contributed by atoms with E-state index < -0.39 is 92.6 Å². The number of rotatable bonds is 17. The van der Waals surface area contributed by atoms with Crippen LogP contribution in [-0.4, -0.2) is 102 Å². The number of aliphatic hydroxyl groups is 2. The Hall–Kier alpha value is -7.31. The molecule has 5 aromatic carbocycles. The molecule has 1 heterocycles. The van der Waals surface area contributed by atoms with Gasteiger partial charge in [-0.2, -0.15) is 30.4 Å². The Balaban J connectivity index is 1.40. The van der Waals surface area contributed by atoms with Gasteiger partial charge in [0.05, 0.1) is 29.5 Å². The fourth-order valence-electron chi connectivity index (χ4n) is 5.78. The van der Waals surface area contributed by atoms with Crippen LogP contribution in [0.4, 0.5) is 34.1 Å². The number of hydrogen-bond acceptors (Lipinski definition) is 19. The number of carbonyl (C=O) groups is 1. The number of benzene rings is 5. The number of aromatic hydroxyl groups is 1. The summed E-state index contributed by atoms with van der Waals surface area (Å²) in [5, 5.41) is 65.7. The summed E-state index contributed by atoms with van der Waals surface area (Å²) in [5.74, 6) is -2.84. The quantitative estimate of drug-likeness (QED) is 0.0398. The van der Waals surface area contributed by atoms with E-state index in [-0.39, 0.29) is 63.9 Å². The molecule has 6 rings (SSSR count). The first-order chi connectivity index (χ1) is 30.6. The van der Waals surface area contributed by atoms with E-state index in [1.165, 1.54) is 24.3 Å². The van der Waals surface area contributed by atoms with Crippen LogP contribution in [0.3, 0.4) is 0 Å². The average molecular weight is 957 g/mol. The summed E-state index contributed by atoms with van der Waals surface area (Å²) in [6.45, 7) is -0.104. The van der Waals surface area contributed by atoms with Crippen LogP contribution in [0.5, 0.6) is 17.2 Å². The maximum Gasteiger partial charge on any atom is 0.356 e. The zero-order valence-electron chi connectivity index (χ0n) is 32.9. The molecule has 0 amide bonds. The smallest absolute Gasteiger partial charge is 0.356 e. The number of phenols is 1. The fraction of sp³-hybridized carbons (Fsp3) is 0.135. The van der Waals surface area contributed by atoms with Crippen LogP contribution in [0.1, 0.15) is 16.1 Å². The molecule has 0 saturated carbocycles.